The number of rotatable bonds is 7. The molecule has 0 aliphatic carbocycles. The summed E-state index contributed by atoms with van der Waals surface area (Å²) < 4.78 is 23.3. The fourth-order valence-electron chi connectivity index (χ4n) is 3.08. The van der Waals surface area contributed by atoms with Crippen LogP contribution in [0.4, 0.5) is 0 Å². The molecule has 5 nitrogen and oxygen atoms in total. The SMILES string of the molecule is CCCC(CN)(CCC)C(=O)NC1CCCS(=O)(=O)C1. The highest BCUT2D eigenvalue weighted by Gasteiger charge is 2.37. The van der Waals surface area contributed by atoms with Gasteiger partial charge in [-0.05, 0) is 25.7 Å². The molecule has 20 heavy (non-hydrogen) atoms. The van der Waals surface area contributed by atoms with Gasteiger partial charge in [0.05, 0.1) is 16.9 Å². The molecule has 0 bridgehead atoms. The first-order valence-corrected chi connectivity index (χ1v) is 9.42. The summed E-state index contributed by atoms with van der Waals surface area (Å²) in [4.78, 5) is 12.6. The third kappa shape index (κ3) is 4.45. The Hall–Kier alpha value is -0.620. The normalized spacial score (nSPS) is 22.4. The van der Waals surface area contributed by atoms with E-state index < -0.39 is 15.3 Å². The number of sulfone groups is 1. The van der Waals surface area contributed by atoms with Gasteiger partial charge in [-0.1, -0.05) is 26.7 Å². The molecule has 1 unspecified atom stereocenters. The van der Waals surface area contributed by atoms with Crippen molar-refractivity contribution < 1.29 is 13.2 Å². The van der Waals surface area contributed by atoms with E-state index in [9.17, 15) is 13.2 Å². The largest absolute Gasteiger partial charge is 0.352 e. The van der Waals surface area contributed by atoms with Gasteiger partial charge in [0, 0.05) is 12.6 Å². The van der Waals surface area contributed by atoms with Gasteiger partial charge in [-0.3, -0.25) is 4.79 Å². The van der Waals surface area contributed by atoms with Gasteiger partial charge in [0.15, 0.2) is 9.84 Å². The molecule has 6 heteroatoms. The molecule has 0 aromatic rings. The molecule has 0 aromatic carbocycles. The first-order chi connectivity index (χ1) is 9.39. The standard InChI is InChI=1S/C14H28N2O3S/c1-3-7-14(11-15,8-4-2)13(17)16-12-6-5-9-20(18,19)10-12/h12H,3-11,15H2,1-2H3,(H,16,17). The lowest BCUT2D eigenvalue weighted by molar-refractivity contribution is -0.132. The van der Waals surface area contributed by atoms with Gasteiger partial charge >= 0.3 is 0 Å². The van der Waals surface area contributed by atoms with Crippen molar-refractivity contribution in [2.24, 2.45) is 11.1 Å². The Labute approximate surface area is 122 Å². The zero-order valence-corrected chi connectivity index (χ0v) is 13.5. The number of nitrogens with two attached hydrogens (primary N) is 1. The van der Waals surface area contributed by atoms with Crippen molar-refractivity contribution in [1.29, 1.82) is 0 Å². The smallest absolute Gasteiger partial charge is 0.227 e. The molecule has 3 N–H and O–H groups in total. The molecule has 1 aliphatic heterocycles. The third-order valence-electron chi connectivity index (χ3n) is 4.13. The maximum Gasteiger partial charge on any atom is 0.227 e. The van der Waals surface area contributed by atoms with E-state index >= 15 is 0 Å². The van der Waals surface area contributed by atoms with Crippen LogP contribution in [-0.2, 0) is 14.6 Å². The molecule has 1 fully saturated rings. The Morgan fingerprint density at radius 1 is 1.30 bits per heavy atom. The summed E-state index contributed by atoms with van der Waals surface area (Å²) in [7, 11) is -3.00. The molecule has 0 spiro atoms. The topological polar surface area (TPSA) is 89.3 Å². The van der Waals surface area contributed by atoms with Gasteiger partial charge in [-0.25, -0.2) is 8.42 Å². The minimum Gasteiger partial charge on any atom is -0.352 e. The van der Waals surface area contributed by atoms with Crippen LogP contribution in [0.1, 0.15) is 52.4 Å². The number of amides is 1. The zero-order chi connectivity index (χ0) is 15.2. The molecule has 1 heterocycles. The molecule has 118 valence electrons. The first-order valence-electron chi connectivity index (χ1n) is 7.60. The van der Waals surface area contributed by atoms with Crippen molar-refractivity contribution in [1.82, 2.24) is 5.32 Å². The highest BCUT2D eigenvalue weighted by atomic mass is 32.2. The van der Waals surface area contributed by atoms with Crippen LogP contribution in [0, 0.1) is 5.41 Å². The minimum atomic E-state index is -3.00. The summed E-state index contributed by atoms with van der Waals surface area (Å²) in [5, 5.41) is 2.94. The number of hydrogen-bond acceptors (Lipinski definition) is 4. The van der Waals surface area contributed by atoms with Crippen LogP contribution in [-0.4, -0.2) is 38.4 Å². The van der Waals surface area contributed by atoms with Crippen LogP contribution < -0.4 is 11.1 Å². The molecule has 1 atom stereocenters. The van der Waals surface area contributed by atoms with Crippen LogP contribution in [0.3, 0.4) is 0 Å². The van der Waals surface area contributed by atoms with Crippen molar-refractivity contribution in [3.8, 4) is 0 Å². The van der Waals surface area contributed by atoms with E-state index in [0.717, 1.165) is 32.1 Å². The molecule has 1 saturated heterocycles. The lowest BCUT2D eigenvalue weighted by Crippen LogP contribution is -2.52. The fraction of sp³-hybridized carbons (Fsp3) is 0.929. The Bertz CT molecular complexity index is 414. The number of carbonyl (C=O) groups excluding carboxylic acids is 1. The second kappa shape index (κ2) is 7.41. The lowest BCUT2D eigenvalue weighted by atomic mass is 9.78. The first kappa shape index (κ1) is 17.4. The Kier molecular flexibility index (Phi) is 6.45. The summed E-state index contributed by atoms with van der Waals surface area (Å²) in [6, 6.07) is -0.249. The Balaban J connectivity index is 2.75. The van der Waals surface area contributed by atoms with Gasteiger partial charge in [-0.2, -0.15) is 0 Å². The highest BCUT2D eigenvalue weighted by Crippen LogP contribution is 2.29. The maximum absolute atomic E-state index is 12.6. The average Bonchev–Trinajstić information content (AvgIpc) is 2.37. The summed E-state index contributed by atoms with van der Waals surface area (Å²) >= 11 is 0. The molecule has 0 aromatic heterocycles. The van der Waals surface area contributed by atoms with Crippen molar-refractivity contribution in [2.75, 3.05) is 18.1 Å². The third-order valence-corrected chi connectivity index (χ3v) is 5.95. The average molecular weight is 304 g/mol. The van der Waals surface area contributed by atoms with Crippen LogP contribution in [0.2, 0.25) is 0 Å². The van der Waals surface area contributed by atoms with Crippen molar-refractivity contribution in [3.05, 3.63) is 0 Å². The van der Waals surface area contributed by atoms with E-state index in [1.54, 1.807) is 0 Å². The highest BCUT2D eigenvalue weighted by molar-refractivity contribution is 7.91. The maximum atomic E-state index is 12.6. The van der Waals surface area contributed by atoms with Crippen molar-refractivity contribution in [2.45, 2.75) is 58.4 Å². The predicted octanol–water partition coefficient (Wildman–Crippen LogP) is 1.23. The van der Waals surface area contributed by atoms with Crippen molar-refractivity contribution in [3.63, 3.8) is 0 Å². The van der Waals surface area contributed by atoms with E-state index in [1.807, 2.05) is 13.8 Å². The van der Waals surface area contributed by atoms with Crippen LogP contribution in [0.15, 0.2) is 0 Å². The van der Waals surface area contributed by atoms with E-state index in [2.05, 4.69) is 5.32 Å². The van der Waals surface area contributed by atoms with E-state index in [4.69, 9.17) is 5.73 Å². The van der Waals surface area contributed by atoms with Crippen LogP contribution in [0.5, 0.6) is 0 Å². The molecule has 0 saturated carbocycles. The van der Waals surface area contributed by atoms with Crippen LogP contribution in [0.25, 0.3) is 0 Å². The quantitative estimate of drug-likeness (QED) is 0.740. The lowest BCUT2D eigenvalue weighted by Gasteiger charge is -2.33. The molecule has 1 aliphatic rings. The molecular formula is C14H28N2O3S. The Morgan fingerprint density at radius 3 is 2.35 bits per heavy atom. The second-order valence-corrected chi connectivity index (χ2v) is 8.14. The summed E-state index contributed by atoms with van der Waals surface area (Å²) in [5.41, 5.74) is 5.32. The predicted molar refractivity (Wildman–Crippen MR) is 81.1 cm³/mol. The van der Waals surface area contributed by atoms with Crippen LogP contribution >= 0.6 is 0 Å². The number of nitrogens with one attached hydrogen (secondary N) is 1. The molecule has 0 radical (unpaired) electrons. The van der Waals surface area contributed by atoms with Gasteiger partial charge in [0.2, 0.25) is 5.91 Å². The monoisotopic (exact) mass is 304 g/mol. The Morgan fingerprint density at radius 2 is 1.90 bits per heavy atom. The van der Waals surface area contributed by atoms with E-state index in [0.29, 0.717) is 13.0 Å². The molecule has 1 rings (SSSR count). The summed E-state index contributed by atoms with van der Waals surface area (Å²) in [5.74, 6) is 0.244. The molecular weight excluding hydrogens is 276 g/mol. The number of carbonyl (C=O) groups is 1. The van der Waals surface area contributed by atoms with E-state index in [-0.39, 0.29) is 23.5 Å². The van der Waals surface area contributed by atoms with Gasteiger partial charge in [-0.15, -0.1) is 0 Å². The summed E-state index contributed by atoms with van der Waals surface area (Å²) in [6.45, 7) is 4.40. The zero-order valence-electron chi connectivity index (χ0n) is 12.7. The fourth-order valence-corrected chi connectivity index (χ4v) is 4.72. The number of hydrogen-bond donors (Lipinski definition) is 2. The second-order valence-electron chi connectivity index (χ2n) is 5.91. The molecule has 1 amide bonds. The van der Waals surface area contributed by atoms with Gasteiger partial charge in [0.1, 0.15) is 0 Å². The van der Waals surface area contributed by atoms with Crippen molar-refractivity contribution >= 4 is 15.7 Å². The van der Waals surface area contributed by atoms with Gasteiger partial charge in [0.25, 0.3) is 0 Å². The summed E-state index contributed by atoms with van der Waals surface area (Å²) in [6.07, 6.45) is 4.67. The van der Waals surface area contributed by atoms with E-state index in [1.165, 1.54) is 0 Å². The minimum absolute atomic E-state index is 0.0641. The van der Waals surface area contributed by atoms with Gasteiger partial charge < -0.3 is 11.1 Å².